The molecule has 1 aromatic carbocycles. The lowest BCUT2D eigenvalue weighted by atomic mass is 9.95. The Hall–Kier alpha value is -1.59. The first kappa shape index (κ1) is 16.5. The molecule has 2 atom stereocenters. The van der Waals surface area contributed by atoms with Gasteiger partial charge in [-0.1, -0.05) is 0 Å². The number of aliphatic hydroxyl groups excluding tert-OH is 2. The summed E-state index contributed by atoms with van der Waals surface area (Å²) in [6.07, 6.45) is -2.57. The first-order valence-electron chi connectivity index (χ1n) is 6.57. The molecule has 20 heavy (non-hydrogen) atoms. The number of aliphatic hydroxyl groups is 2. The number of hydrogen-bond acceptors (Lipinski definition) is 5. The molecule has 1 rings (SSSR count). The fourth-order valence-corrected chi connectivity index (χ4v) is 2.06. The van der Waals surface area contributed by atoms with Crippen LogP contribution < -0.4 is 4.74 Å². The van der Waals surface area contributed by atoms with Crippen molar-refractivity contribution in [2.75, 3.05) is 13.7 Å². The van der Waals surface area contributed by atoms with Gasteiger partial charge in [0.2, 0.25) is 0 Å². The Labute approximate surface area is 119 Å². The number of aryl methyl sites for hydroxylation is 2. The molecular weight excluding hydrogens is 260 g/mol. The number of methoxy groups -OCH3 is 1. The molecule has 5 heteroatoms. The Morgan fingerprint density at radius 3 is 2.45 bits per heavy atom. The van der Waals surface area contributed by atoms with Gasteiger partial charge in [0.05, 0.1) is 26.2 Å². The van der Waals surface area contributed by atoms with Crippen LogP contribution in [0.3, 0.4) is 0 Å². The van der Waals surface area contributed by atoms with Gasteiger partial charge in [0.1, 0.15) is 11.9 Å². The third-order valence-electron chi connectivity index (χ3n) is 3.15. The monoisotopic (exact) mass is 282 g/mol. The first-order chi connectivity index (χ1) is 9.40. The van der Waals surface area contributed by atoms with Gasteiger partial charge in [-0.25, -0.2) is 0 Å². The molecule has 0 bridgehead atoms. The van der Waals surface area contributed by atoms with Crippen LogP contribution in [0, 0.1) is 13.8 Å². The van der Waals surface area contributed by atoms with Gasteiger partial charge in [-0.15, -0.1) is 0 Å². The molecule has 2 N–H and O–H groups in total. The average Bonchev–Trinajstić information content (AvgIpc) is 2.40. The van der Waals surface area contributed by atoms with E-state index in [4.69, 9.17) is 9.47 Å². The van der Waals surface area contributed by atoms with Crippen molar-refractivity contribution < 1.29 is 24.5 Å². The summed E-state index contributed by atoms with van der Waals surface area (Å²) in [5, 5.41) is 20.1. The largest absolute Gasteiger partial charge is 0.496 e. The number of carbonyl (C=O) groups is 1. The van der Waals surface area contributed by atoms with Crippen LogP contribution in [0.25, 0.3) is 0 Å². The van der Waals surface area contributed by atoms with E-state index in [2.05, 4.69) is 0 Å². The standard InChI is InChI=1S/C15H22O5/c1-5-20-14(17)8-12(16)15(18)11-6-10(3)13(19-4)7-9(11)2/h6-7,12,15-16,18H,5,8H2,1-4H3. The van der Waals surface area contributed by atoms with Crippen LogP contribution in [0.15, 0.2) is 12.1 Å². The maximum atomic E-state index is 11.3. The predicted molar refractivity (Wildman–Crippen MR) is 74.7 cm³/mol. The van der Waals surface area contributed by atoms with E-state index in [0.717, 1.165) is 16.9 Å². The van der Waals surface area contributed by atoms with Gasteiger partial charge in [0.25, 0.3) is 0 Å². The van der Waals surface area contributed by atoms with Crippen LogP contribution in [0.5, 0.6) is 5.75 Å². The van der Waals surface area contributed by atoms with Gasteiger partial charge in [-0.3, -0.25) is 4.79 Å². The molecule has 0 aliphatic carbocycles. The Kier molecular flexibility index (Phi) is 5.98. The zero-order valence-electron chi connectivity index (χ0n) is 12.3. The smallest absolute Gasteiger partial charge is 0.308 e. The molecule has 0 amide bonds. The molecule has 112 valence electrons. The number of benzene rings is 1. The van der Waals surface area contributed by atoms with Crippen LogP contribution >= 0.6 is 0 Å². The molecule has 0 spiro atoms. The van der Waals surface area contributed by atoms with Crippen molar-refractivity contribution in [2.24, 2.45) is 0 Å². The topological polar surface area (TPSA) is 76.0 Å². The molecule has 0 saturated heterocycles. The van der Waals surface area contributed by atoms with Gasteiger partial charge in [-0.2, -0.15) is 0 Å². The van der Waals surface area contributed by atoms with Crippen molar-refractivity contribution >= 4 is 5.97 Å². The van der Waals surface area contributed by atoms with E-state index in [0.29, 0.717) is 5.56 Å². The SMILES string of the molecule is CCOC(=O)CC(O)C(O)c1cc(C)c(OC)cc1C. The number of carbonyl (C=O) groups excluding carboxylic acids is 1. The zero-order valence-corrected chi connectivity index (χ0v) is 12.3. The minimum absolute atomic E-state index is 0.237. The molecule has 0 aromatic heterocycles. The lowest BCUT2D eigenvalue weighted by Crippen LogP contribution is -2.23. The molecule has 1 aromatic rings. The average molecular weight is 282 g/mol. The summed E-state index contributed by atoms with van der Waals surface area (Å²) in [6.45, 7) is 5.61. The fourth-order valence-electron chi connectivity index (χ4n) is 2.06. The molecule has 0 radical (unpaired) electrons. The Morgan fingerprint density at radius 1 is 1.25 bits per heavy atom. The van der Waals surface area contributed by atoms with Crippen LogP contribution in [0.1, 0.15) is 36.1 Å². The van der Waals surface area contributed by atoms with Gasteiger partial charge in [0.15, 0.2) is 0 Å². The highest BCUT2D eigenvalue weighted by Gasteiger charge is 2.24. The van der Waals surface area contributed by atoms with E-state index in [1.807, 2.05) is 13.8 Å². The van der Waals surface area contributed by atoms with Crippen LogP contribution in [0.4, 0.5) is 0 Å². The van der Waals surface area contributed by atoms with E-state index in [9.17, 15) is 15.0 Å². The second kappa shape index (κ2) is 7.26. The molecule has 0 fully saturated rings. The summed E-state index contributed by atoms with van der Waals surface area (Å²) >= 11 is 0. The van der Waals surface area contributed by atoms with Crippen molar-refractivity contribution in [3.8, 4) is 5.75 Å². The molecule has 0 aliphatic heterocycles. The highest BCUT2D eigenvalue weighted by atomic mass is 16.5. The second-order valence-electron chi connectivity index (χ2n) is 4.70. The fraction of sp³-hybridized carbons (Fsp3) is 0.533. The first-order valence-corrected chi connectivity index (χ1v) is 6.57. The molecule has 2 unspecified atom stereocenters. The Balaban J connectivity index is 2.88. The normalized spacial score (nSPS) is 13.7. The summed E-state index contributed by atoms with van der Waals surface area (Å²) in [7, 11) is 1.58. The number of hydrogen-bond donors (Lipinski definition) is 2. The summed E-state index contributed by atoms with van der Waals surface area (Å²) < 4.78 is 9.96. The van der Waals surface area contributed by atoms with Crippen molar-refractivity contribution in [3.63, 3.8) is 0 Å². The summed E-state index contributed by atoms with van der Waals surface area (Å²) in [5.41, 5.74) is 2.23. The molecule has 0 saturated carbocycles. The molecule has 0 heterocycles. The van der Waals surface area contributed by atoms with E-state index in [1.165, 1.54) is 0 Å². The van der Waals surface area contributed by atoms with E-state index in [-0.39, 0.29) is 13.0 Å². The number of esters is 1. The van der Waals surface area contributed by atoms with Crippen LogP contribution in [0.2, 0.25) is 0 Å². The quantitative estimate of drug-likeness (QED) is 0.776. The van der Waals surface area contributed by atoms with Crippen molar-refractivity contribution in [1.29, 1.82) is 0 Å². The maximum Gasteiger partial charge on any atom is 0.308 e. The third-order valence-corrected chi connectivity index (χ3v) is 3.15. The highest BCUT2D eigenvalue weighted by Crippen LogP contribution is 2.29. The highest BCUT2D eigenvalue weighted by molar-refractivity contribution is 5.70. The van der Waals surface area contributed by atoms with Crippen LogP contribution in [-0.4, -0.2) is 36.0 Å². The lowest BCUT2D eigenvalue weighted by Gasteiger charge is -2.20. The van der Waals surface area contributed by atoms with E-state index < -0.39 is 18.2 Å². The van der Waals surface area contributed by atoms with Crippen molar-refractivity contribution in [3.05, 3.63) is 28.8 Å². The molecular formula is C15H22O5. The van der Waals surface area contributed by atoms with Gasteiger partial charge in [-0.05, 0) is 49.6 Å². The zero-order chi connectivity index (χ0) is 15.3. The minimum Gasteiger partial charge on any atom is -0.496 e. The van der Waals surface area contributed by atoms with Crippen molar-refractivity contribution in [1.82, 2.24) is 0 Å². The van der Waals surface area contributed by atoms with Gasteiger partial charge < -0.3 is 19.7 Å². The lowest BCUT2D eigenvalue weighted by molar-refractivity contribution is -0.147. The van der Waals surface area contributed by atoms with Crippen LogP contribution in [-0.2, 0) is 9.53 Å². The molecule has 0 aliphatic rings. The second-order valence-corrected chi connectivity index (χ2v) is 4.70. The summed E-state index contributed by atoms with van der Waals surface area (Å²) in [4.78, 5) is 11.3. The summed E-state index contributed by atoms with van der Waals surface area (Å²) in [5.74, 6) is 0.195. The van der Waals surface area contributed by atoms with E-state index >= 15 is 0 Å². The van der Waals surface area contributed by atoms with Gasteiger partial charge in [0, 0.05) is 0 Å². The van der Waals surface area contributed by atoms with E-state index in [1.54, 1.807) is 26.2 Å². The summed E-state index contributed by atoms with van der Waals surface area (Å²) in [6, 6.07) is 3.55. The number of rotatable bonds is 6. The Morgan fingerprint density at radius 2 is 1.90 bits per heavy atom. The van der Waals surface area contributed by atoms with Gasteiger partial charge >= 0.3 is 5.97 Å². The molecule has 5 nitrogen and oxygen atoms in total. The maximum absolute atomic E-state index is 11.3. The number of ether oxygens (including phenoxy) is 2. The minimum atomic E-state index is -1.19. The van der Waals surface area contributed by atoms with Crippen molar-refractivity contribution in [2.45, 2.75) is 39.4 Å². The predicted octanol–water partition coefficient (Wildman–Crippen LogP) is 1.66. The third kappa shape index (κ3) is 3.95. The Bertz CT molecular complexity index is 470.